The monoisotopic (exact) mass is 251 g/mol. The van der Waals surface area contributed by atoms with E-state index in [-0.39, 0.29) is 6.10 Å². The zero-order chi connectivity index (χ0) is 12.4. The molecule has 18 heavy (non-hydrogen) atoms. The minimum Gasteiger partial charge on any atom is -0.368 e. The molecule has 1 aromatic rings. The zero-order valence-electron chi connectivity index (χ0n) is 10.7. The second-order valence-electron chi connectivity index (χ2n) is 5.53. The summed E-state index contributed by atoms with van der Waals surface area (Å²) in [6.07, 6.45) is 8.76. The largest absolute Gasteiger partial charge is 0.368 e. The summed E-state index contributed by atoms with van der Waals surface area (Å²) in [5.74, 6) is 1.28. The molecule has 2 aliphatic rings. The van der Waals surface area contributed by atoms with Crippen molar-refractivity contribution in [3.8, 4) is 0 Å². The fourth-order valence-corrected chi connectivity index (χ4v) is 2.92. The van der Waals surface area contributed by atoms with Crippen molar-refractivity contribution in [2.24, 2.45) is 5.73 Å². The Bertz CT molecular complexity index is 391. The molecule has 3 rings (SSSR count). The molecule has 2 N–H and O–H groups in total. The summed E-state index contributed by atoms with van der Waals surface area (Å²) in [4.78, 5) is 4.50. The summed E-state index contributed by atoms with van der Waals surface area (Å²) in [5, 5.41) is 4.11. The van der Waals surface area contributed by atoms with Gasteiger partial charge in [-0.15, -0.1) is 0 Å². The van der Waals surface area contributed by atoms with E-state index >= 15 is 0 Å². The predicted molar refractivity (Wildman–Crippen MR) is 65.8 cm³/mol. The van der Waals surface area contributed by atoms with Crippen molar-refractivity contribution in [1.29, 1.82) is 0 Å². The Hall–Kier alpha value is -0.940. The van der Waals surface area contributed by atoms with Crippen LogP contribution in [0.3, 0.4) is 0 Å². The predicted octanol–water partition coefficient (Wildman–Crippen LogP) is 2.43. The SMILES string of the molecule is NC1(c2noc(C3CCCO3)n2)CCCCCC1. The van der Waals surface area contributed by atoms with Crippen LogP contribution in [0.15, 0.2) is 4.52 Å². The van der Waals surface area contributed by atoms with Gasteiger partial charge in [0.2, 0.25) is 0 Å². The fraction of sp³-hybridized carbons (Fsp3) is 0.846. The molecular weight excluding hydrogens is 230 g/mol. The van der Waals surface area contributed by atoms with Crippen LogP contribution in [0.4, 0.5) is 0 Å². The van der Waals surface area contributed by atoms with Crippen molar-refractivity contribution in [2.75, 3.05) is 6.61 Å². The third-order valence-corrected chi connectivity index (χ3v) is 4.09. The van der Waals surface area contributed by atoms with Gasteiger partial charge in [-0.3, -0.25) is 0 Å². The van der Waals surface area contributed by atoms with Crippen LogP contribution in [0.25, 0.3) is 0 Å². The highest BCUT2D eigenvalue weighted by atomic mass is 16.5. The van der Waals surface area contributed by atoms with Crippen LogP contribution in [0.2, 0.25) is 0 Å². The summed E-state index contributed by atoms with van der Waals surface area (Å²) in [6, 6.07) is 0. The number of hydrogen-bond donors (Lipinski definition) is 1. The maximum atomic E-state index is 6.47. The van der Waals surface area contributed by atoms with E-state index in [4.69, 9.17) is 15.0 Å². The van der Waals surface area contributed by atoms with Crippen LogP contribution in [-0.4, -0.2) is 16.7 Å². The average Bonchev–Trinajstić information content (AvgIpc) is 3.00. The van der Waals surface area contributed by atoms with Crippen LogP contribution in [0.5, 0.6) is 0 Å². The van der Waals surface area contributed by atoms with E-state index in [1.165, 1.54) is 12.8 Å². The molecule has 0 amide bonds. The van der Waals surface area contributed by atoms with Gasteiger partial charge in [-0.25, -0.2) is 0 Å². The van der Waals surface area contributed by atoms with Gasteiger partial charge in [0.15, 0.2) is 5.82 Å². The molecule has 2 fully saturated rings. The Morgan fingerprint density at radius 3 is 2.56 bits per heavy atom. The summed E-state index contributed by atoms with van der Waals surface area (Å²) in [7, 11) is 0. The van der Waals surface area contributed by atoms with E-state index in [1.54, 1.807) is 0 Å². The topological polar surface area (TPSA) is 74.2 Å². The first-order chi connectivity index (χ1) is 8.78. The lowest BCUT2D eigenvalue weighted by Gasteiger charge is -2.23. The van der Waals surface area contributed by atoms with Crippen LogP contribution >= 0.6 is 0 Å². The third-order valence-electron chi connectivity index (χ3n) is 4.09. The summed E-state index contributed by atoms with van der Waals surface area (Å²) < 4.78 is 10.9. The van der Waals surface area contributed by atoms with Gasteiger partial charge in [0.1, 0.15) is 6.10 Å². The lowest BCUT2D eigenvalue weighted by molar-refractivity contribution is 0.0835. The van der Waals surface area contributed by atoms with E-state index < -0.39 is 5.54 Å². The average molecular weight is 251 g/mol. The summed E-state index contributed by atoms with van der Waals surface area (Å²) in [5.41, 5.74) is 6.07. The fourth-order valence-electron chi connectivity index (χ4n) is 2.92. The summed E-state index contributed by atoms with van der Waals surface area (Å²) >= 11 is 0. The molecule has 1 atom stereocenters. The Kier molecular flexibility index (Phi) is 3.35. The number of nitrogens with zero attached hydrogens (tertiary/aromatic N) is 2. The standard InChI is InChI=1S/C13H21N3O2/c14-13(7-3-1-2-4-8-13)12-15-11(18-16-12)10-6-5-9-17-10/h10H,1-9,14H2. The van der Waals surface area contributed by atoms with Crippen LogP contribution in [-0.2, 0) is 10.3 Å². The molecule has 0 bridgehead atoms. The van der Waals surface area contributed by atoms with Gasteiger partial charge in [0.25, 0.3) is 5.89 Å². The molecular formula is C13H21N3O2. The Morgan fingerprint density at radius 2 is 1.89 bits per heavy atom. The maximum absolute atomic E-state index is 6.47. The lowest BCUT2D eigenvalue weighted by atomic mass is 9.91. The molecule has 0 aromatic carbocycles. The Labute approximate surface area is 107 Å². The normalized spacial score (nSPS) is 28.2. The number of ether oxygens (including phenoxy) is 1. The first-order valence-corrected chi connectivity index (χ1v) is 7.02. The Balaban J connectivity index is 1.78. The molecule has 1 unspecified atom stereocenters. The smallest absolute Gasteiger partial charge is 0.255 e. The number of hydrogen-bond acceptors (Lipinski definition) is 5. The van der Waals surface area contributed by atoms with Crippen molar-refractivity contribution in [1.82, 2.24) is 10.1 Å². The molecule has 0 radical (unpaired) electrons. The van der Waals surface area contributed by atoms with E-state index in [0.29, 0.717) is 11.7 Å². The number of nitrogens with two attached hydrogens (primary N) is 1. The Morgan fingerprint density at radius 1 is 1.11 bits per heavy atom. The van der Waals surface area contributed by atoms with Crippen LogP contribution < -0.4 is 5.73 Å². The third kappa shape index (κ3) is 2.29. The molecule has 5 nitrogen and oxygen atoms in total. The maximum Gasteiger partial charge on any atom is 0.255 e. The van der Waals surface area contributed by atoms with Gasteiger partial charge in [0, 0.05) is 6.61 Å². The van der Waals surface area contributed by atoms with Gasteiger partial charge < -0.3 is 15.0 Å². The van der Waals surface area contributed by atoms with Crippen molar-refractivity contribution in [2.45, 2.75) is 63.0 Å². The molecule has 100 valence electrons. The van der Waals surface area contributed by atoms with E-state index in [0.717, 1.165) is 45.1 Å². The van der Waals surface area contributed by atoms with Gasteiger partial charge in [-0.05, 0) is 25.7 Å². The van der Waals surface area contributed by atoms with Crippen molar-refractivity contribution in [3.63, 3.8) is 0 Å². The van der Waals surface area contributed by atoms with E-state index in [1.807, 2.05) is 0 Å². The first kappa shape index (κ1) is 12.1. The highest BCUT2D eigenvalue weighted by Gasteiger charge is 2.34. The quantitative estimate of drug-likeness (QED) is 0.817. The molecule has 0 spiro atoms. The highest BCUT2D eigenvalue weighted by molar-refractivity contribution is 5.05. The zero-order valence-corrected chi connectivity index (χ0v) is 10.7. The molecule has 5 heteroatoms. The number of aromatic nitrogens is 2. The van der Waals surface area contributed by atoms with Crippen molar-refractivity contribution in [3.05, 3.63) is 11.7 Å². The van der Waals surface area contributed by atoms with E-state index in [2.05, 4.69) is 10.1 Å². The molecule has 1 saturated carbocycles. The van der Waals surface area contributed by atoms with Crippen molar-refractivity contribution < 1.29 is 9.26 Å². The van der Waals surface area contributed by atoms with Gasteiger partial charge in [-0.1, -0.05) is 30.8 Å². The minimum absolute atomic E-state index is 0.0133. The van der Waals surface area contributed by atoms with Crippen molar-refractivity contribution >= 4 is 0 Å². The number of rotatable bonds is 2. The van der Waals surface area contributed by atoms with E-state index in [9.17, 15) is 0 Å². The molecule has 1 aliphatic heterocycles. The molecule has 1 aliphatic carbocycles. The first-order valence-electron chi connectivity index (χ1n) is 7.02. The lowest BCUT2D eigenvalue weighted by Crippen LogP contribution is -2.37. The summed E-state index contributed by atoms with van der Waals surface area (Å²) in [6.45, 7) is 0.788. The van der Waals surface area contributed by atoms with Gasteiger partial charge in [0.05, 0.1) is 5.54 Å². The molecule has 2 heterocycles. The molecule has 1 aromatic heterocycles. The minimum atomic E-state index is -0.392. The van der Waals surface area contributed by atoms with Crippen LogP contribution in [0.1, 0.15) is 69.2 Å². The van der Waals surface area contributed by atoms with Gasteiger partial charge in [-0.2, -0.15) is 4.98 Å². The second kappa shape index (κ2) is 4.97. The van der Waals surface area contributed by atoms with Gasteiger partial charge >= 0.3 is 0 Å². The highest BCUT2D eigenvalue weighted by Crippen LogP contribution is 2.34. The second-order valence-corrected chi connectivity index (χ2v) is 5.53. The van der Waals surface area contributed by atoms with Crippen LogP contribution in [0, 0.1) is 0 Å². The molecule has 1 saturated heterocycles.